The molecule has 2 atom stereocenters. The lowest BCUT2D eigenvalue weighted by Crippen LogP contribution is -2.50. The summed E-state index contributed by atoms with van der Waals surface area (Å²) in [6.45, 7) is 3.45. The summed E-state index contributed by atoms with van der Waals surface area (Å²) in [4.78, 5) is 0. The number of nitrogens with one attached hydrogen (secondary N) is 1. The second kappa shape index (κ2) is 4.52. The standard InChI is InChI=1S/C13H18FNO/c1-13(16)9-15-7-6-11(13)8-10-2-4-12(14)5-3-10/h2-5,11,15-16H,6-9H2,1H3. The molecule has 1 aliphatic heterocycles. The molecule has 0 bridgehead atoms. The zero-order valence-electron chi connectivity index (χ0n) is 9.54. The number of hydrogen-bond acceptors (Lipinski definition) is 2. The van der Waals surface area contributed by atoms with Crippen molar-refractivity contribution in [2.24, 2.45) is 5.92 Å². The minimum atomic E-state index is -0.660. The van der Waals surface area contributed by atoms with E-state index in [2.05, 4.69) is 5.32 Å². The van der Waals surface area contributed by atoms with E-state index in [1.54, 1.807) is 12.1 Å². The summed E-state index contributed by atoms with van der Waals surface area (Å²) in [6.07, 6.45) is 1.78. The monoisotopic (exact) mass is 223 g/mol. The molecule has 0 spiro atoms. The normalized spacial score (nSPS) is 30.3. The van der Waals surface area contributed by atoms with Gasteiger partial charge >= 0.3 is 0 Å². The van der Waals surface area contributed by atoms with Gasteiger partial charge in [0.05, 0.1) is 5.60 Å². The lowest BCUT2D eigenvalue weighted by atomic mass is 9.79. The van der Waals surface area contributed by atoms with Crippen LogP contribution in [0.4, 0.5) is 4.39 Å². The van der Waals surface area contributed by atoms with Crippen molar-refractivity contribution in [1.82, 2.24) is 5.32 Å². The predicted octanol–water partition coefficient (Wildman–Crippen LogP) is 1.73. The van der Waals surface area contributed by atoms with Crippen LogP contribution in [-0.2, 0) is 6.42 Å². The second-order valence-corrected chi connectivity index (χ2v) is 4.85. The van der Waals surface area contributed by atoms with E-state index in [9.17, 15) is 9.50 Å². The summed E-state index contributed by atoms with van der Waals surface area (Å²) in [5.41, 5.74) is 0.431. The maximum Gasteiger partial charge on any atom is 0.123 e. The molecule has 1 fully saturated rings. The zero-order chi connectivity index (χ0) is 11.6. The third kappa shape index (κ3) is 2.60. The van der Waals surface area contributed by atoms with Gasteiger partial charge in [-0.2, -0.15) is 0 Å². The molecule has 1 aromatic carbocycles. The lowest BCUT2D eigenvalue weighted by Gasteiger charge is -2.37. The van der Waals surface area contributed by atoms with E-state index >= 15 is 0 Å². The van der Waals surface area contributed by atoms with Crippen LogP contribution in [-0.4, -0.2) is 23.8 Å². The molecule has 3 heteroatoms. The van der Waals surface area contributed by atoms with Gasteiger partial charge in [0.15, 0.2) is 0 Å². The van der Waals surface area contributed by atoms with E-state index in [-0.39, 0.29) is 11.7 Å². The summed E-state index contributed by atoms with van der Waals surface area (Å²) in [5.74, 6) is 0.0417. The van der Waals surface area contributed by atoms with Gasteiger partial charge in [0.1, 0.15) is 5.82 Å². The van der Waals surface area contributed by atoms with Crippen molar-refractivity contribution < 1.29 is 9.50 Å². The Hall–Kier alpha value is -0.930. The lowest BCUT2D eigenvalue weighted by molar-refractivity contribution is -0.0192. The van der Waals surface area contributed by atoms with E-state index < -0.39 is 5.60 Å². The van der Waals surface area contributed by atoms with Gasteiger partial charge in [0.2, 0.25) is 0 Å². The topological polar surface area (TPSA) is 32.3 Å². The van der Waals surface area contributed by atoms with Gasteiger partial charge in [-0.25, -0.2) is 4.39 Å². The first-order valence-corrected chi connectivity index (χ1v) is 5.75. The Bertz CT molecular complexity index is 347. The molecule has 1 aromatic rings. The van der Waals surface area contributed by atoms with Gasteiger partial charge in [-0.3, -0.25) is 0 Å². The fraction of sp³-hybridized carbons (Fsp3) is 0.538. The molecule has 0 saturated carbocycles. The van der Waals surface area contributed by atoms with Crippen molar-refractivity contribution in [2.45, 2.75) is 25.4 Å². The largest absolute Gasteiger partial charge is 0.389 e. The van der Waals surface area contributed by atoms with E-state index in [1.807, 2.05) is 6.92 Å². The predicted molar refractivity (Wildman–Crippen MR) is 61.7 cm³/mol. The molecule has 1 saturated heterocycles. The van der Waals surface area contributed by atoms with E-state index in [0.717, 1.165) is 24.9 Å². The average molecular weight is 223 g/mol. The first-order chi connectivity index (χ1) is 7.58. The van der Waals surface area contributed by atoms with Crippen molar-refractivity contribution in [3.63, 3.8) is 0 Å². The smallest absolute Gasteiger partial charge is 0.123 e. The molecule has 0 amide bonds. The van der Waals surface area contributed by atoms with Crippen molar-refractivity contribution in [3.05, 3.63) is 35.6 Å². The highest BCUT2D eigenvalue weighted by molar-refractivity contribution is 5.17. The summed E-state index contributed by atoms with van der Waals surface area (Å²) >= 11 is 0. The average Bonchev–Trinajstić information content (AvgIpc) is 2.24. The summed E-state index contributed by atoms with van der Waals surface area (Å²) < 4.78 is 12.8. The summed E-state index contributed by atoms with van der Waals surface area (Å²) in [6, 6.07) is 6.55. The van der Waals surface area contributed by atoms with Crippen LogP contribution in [0.3, 0.4) is 0 Å². The van der Waals surface area contributed by atoms with E-state index in [4.69, 9.17) is 0 Å². The summed E-state index contributed by atoms with van der Waals surface area (Å²) in [5, 5.41) is 13.4. The number of piperidine rings is 1. The maximum absolute atomic E-state index is 12.8. The molecule has 2 unspecified atom stereocenters. The van der Waals surface area contributed by atoms with E-state index in [0.29, 0.717) is 6.54 Å². The van der Waals surface area contributed by atoms with Gasteiger partial charge in [-0.05, 0) is 49.9 Å². The molecule has 2 nitrogen and oxygen atoms in total. The highest BCUT2D eigenvalue weighted by Crippen LogP contribution is 2.26. The molecule has 0 radical (unpaired) electrons. The Morgan fingerprint density at radius 1 is 1.44 bits per heavy atom. The molecular formula is C13H18FNO. The Morgan fingerprint density at radius 3 is 2.75 bits per heavy atom. The Balaban J connectivity index is 2.05. The van der Waals surface area contributed by atoms with Crippen molar-refractivity contribution in [1.29, 1.82) is 0 Å². The van der Waals surface area contributed by atoms with Crippen LogP contribution >= 0.6 is 0 Å². The SMILES string of the molecule is CC1(O)CNCCC1Cc1ccc(F)cc1. The number of β-amino-alcohol motifs (C(OH)–C–C–N with tert-alkyl or cyclic N) is 1. The van der Waals surface area contributed by atoms with Crippen molar-refractivity contribution in [2.75, 3.05) is 13.1 Å². The highest BCUT2D eigenvalue weighted by atomic mass is 19.1. The highest BCUT2D eigenvalue weighted by Gasteiger charge is 2.34. The van der Waals surface area contributed by atoms with Crippen LogP contribution < -0.4 is 5.32 Å². The second-order valence-electron chi connectivity index (χ2n) is 4.85. The molecule has 0 aromatic heterocycles. The maximum atomic E-state index is 12.8. The summed E-state index contributed by atoms with van der Waals surface area (Å²) in [7, 11) is 0. The fourth-order valence-corrected chi connectivity index (χ4v) is 2.30. The molecule has 1 aliphatic rings. The van der Waals surface area contributed by atoms with Crippen LogP contribution in [0.5, 0.6) is 0 Å². The first-order valence-electron chi connectivity index (χ1n) is 5.75. The molecular weight excluding hydrogens is 205 g/mol. The van der Waals surface area contributed by atoms with E-state index in [1.165, 1.54) is 12.1 Å². The van der Waals surface area contributed by atoms with Crippen LogP contribution in [0, 0.1) is 11.7 Å². The quantitative estimate of drug-likeness (QED) is 0.800. The third-order valence-electron chi connectivity index (χ3n) is 3.43. The number of rotatable bonds is 2. The van der Waals surface area contributed by atoms with Crippen LogP contribution in [0.25, 0.3) is 0 Å². The molecule has 2 N–H and O–H groups in total. The van der Waals surface area contributed by atoms with Crippen LogP contribution in [0.15, 0.2) is 24.3 Å². The van der Waals surface area contributed by atoms with Crippen LogP contribution in [0.2, 0.25) is 0 Å². The van der Waals surface area contributed by atoms with Gasteiger partial charge in [-0.15, -0.1) is 0 Å². The molecule has 16 heavy (non-hydrogen) atoms. The first kappa shape index (κ1) is 11.6. The van der Waals surface area contributed by atoms with Gasteiger partial charge in [-0.1, -0.05) is 12.1 Å². The van der Waals surface area contributed by atoms with Gasteiger partial charge in [0.25, 0.3) is 0 Å². The number of halogens is 1. The van der Waals surface area contributed by atoms with Crippen molar-refractivity contribution >= 4 is 0 Å². The third-order valence-corrected chi connectivity index (χ3v) is 3.43. The number of benzene rings is 1. The van der Waals surface area contributed by atoms with Crippen LogP contribution in [0.1, 0.15) is 18.9 Å². The molecule has 0 aliphatic carbocycles. The zero-order valence-corrected chi connectivity index (χ0v) is 9.54. The Labute approximate surface area is 95.5 Å². The number of aliphatic hydroxyl groups is 1. The fourth-order valence-electron chi connectivity index (χ4n) is 2.30. The Kier molecular flexibility index (Phi) is 3.26. The molecule has 1 heterocycles. The Morgan fingerprint density at radius 2 is 2.12 bits per heavy atom. The molecule has 2 rings (SSSR count). The minimum Gasteiger partial charge on any atom is -0.389 e. The van der Waals surface area contributed by atoms with Gasteiger partial charge < -0.3 is 10.4 Å². The number of hydrogen-bond donors (Lipinski definition) is 2. The van der Waals surface area contributed by atoms with Gasteiger partial charge in [0, 0.05) is 6.54 Å². The molecule has 88 valence electrons. The van der Waals surface area contributed by atoms with Crippen molar-refractivity contribution in [3.8, 4) is 0 Å². The minimum absolute atomic E-state index is 0.208.